The van der Waals surface area contributed by atoms with Crippen LogP contribution in [0.25, 0.3) is 34.1 Å². The van der Waals surface area contributed by atoms with E-state index in [1.807, 2.05) is 60.1 Å². The molecule has 120 valence electrons. The van der Waals surface area contributed by atoms with E-state index in [0.29, 0.717) is 5.78 Å². The number of hydrogen-bond acceptors (Lipinski definition) is 5. The molecule has 0 unspecified atom stereocenters. The lowest BCUT2D eigenvalue weighted by molar-refractivity contribution is 0.961. The Bertz CT molecular complexity index is 1220. The van der Waals surface area contributed by atoms with E-state index in [9.17, 15) is 0 Å². The minimum absolute atomic E-state index is 0.636. The molecule has 5 rings (SSSR count). The van der Waals surface area contributed by atoms with E-state index in [1.165, 1.54) is 6.33 Å². The Morgan fingerprint density at radius 2 is 1.92 bits per heavy atom. The molecule has 0 radical (unpaired) electrons. The summed E-state index contributed by atoms with van der Waals surface area (Å²) < 4.78 is 3.71. The number of nitrogens with zero attached hydrogens (tertiary/aromatic N) is 7. The summed E-state index contributed by atoms with van der Waals surface area (Å²) in [6.45, 7) is 1.97. The average Bonchev–Trinajstić information content (AvgIpc) is 3.25. The van der Waals surface area contributed by atoms with Crippen molar-refractivity contribution in [1.82, 2.24) is 34.0 Å². The summed E-state index contributed by atoms with van der Waals surface area (Å²) in [4.78, 5) is 18.0. The molecule has 7 heteroatoms. The zero-order valence-electron chi connectivity index (χ0n) is 13.4. The molecule has 5 aromatic heterocycles. The van der Waals surface area contributed by atoms with Crippen molar-refractivity contribution in [2.24, 2.45) is 0 Å². The van der Waals surface area contributed by atoms with Crippen molar-refractivity contribution in [3.63, 3.8) is 0 Å². The molecular weight excluding hydrogens is 314 g/mol. The van der Waals surface area contributed by atoms with E-state index >= 15 is 0 Å². The van der Waals surface area contributed by atoms with E-state index in [-0.39, 0.29) is 0 Å². The molecule has 0 fully saturated rings. The van der Waals surface area contributed by atoms with Crippen molar-refractivity contribution in [1.29, 1.82) is 0 Å². The number of fused-ring (bicyclic) bond motifs is 2. The highest BCUT2D eigenvalue weighted by Gasteiger charge is 2.18. The molecule has 0 aliphatic rings. The van der Waals surface area contributed by atoms with E-state index in [4.69, 9.17) is 4.98 Å². The van der Waals surface area contributed by atoms with Gasteiger partial charge in [0, 0.05) is 29.8 Å². The number of aromatic nitrogens is 7. The van der Waals surface area contributed by atoms with Crippen molar-refractivity contribution in [2.75, 3.05) is 0 Å². The second-order valence-electron chi connectivity index (χ2n) is 5.74. The van der Waals surface area contributed by atoms with Crippen molar-refractivity contribution >= 4 is 11.4 Å². The van der Waals surface area contributed by atoms with Gasteiger partial charge in [0.2, 0.25) is 5.78 Å². The first kappa shape index (κ1) is 13.8. The normalized spacial score (nSPS) is 11.4. The number of rotatable bonds is 2. The van der Waals surface area contributed by atoms with Gasteiger partial charge in [-0.2, -0.15) is 5.10 Å². The van der Waals surface area contributed by atoms with Crippen LogP contribution >= 0.6 is 0 Å². The predicted molar refractivity (Wildman–Crippen MR) is 92.9 cm³/mol. The highest BCUT2D eigenvalue weighted by atomic mass is 15.3. The van der Waals surface area contributed by atoms with Gasteiger partial charge in [-0.1, -0.05) is 6.07 Å². The van der Waals surface area contributed by atoms with Crippen molar-refractivity contribution < 1.29 is 0 Å². The van der Waals surface area contributed by atoms with Gasteiger partial charge < -0.3 is 0 Å². The standard InChI is InChI=1S/C18H13N7/c1-12-4-2-5-14(22-12)16-17(24-8-3-7-19-18(24)23-16)13-6-9-25-15(10-13)20-11-21-25/h2-11H,1H3. The molecule has 0 aliphatic heterocycles. The molecule has 5 heterocycles. The summed E-state index contributed by atoms with van der Waals surface area (Å²) in [6, 6.07) is 11.8. The lowest BCUT2D eigenvalue weighted by Crippen LogP contribution is -1.94. The van der Waals surface area contributed by atoms with Crippen LogP contribution in [0.2, 0.25) is 0 Å². The minimum atomic E-state index is 0.636. The lowest BCUT2D eigenvalue weighted by atomic mass is 10.1. The maximum atomic E-state index is 4.71. The van der Waals surface area contributed by atoms with Gasteiger partial charge in [-0.25, -0.2) is 19.5 Å². The lowest BCUT2D eigenvalue weighted by Gasteiger charge is -2.06. The molecule has 0 saturated carbocycles. The van der Waals surface area contributed by atoms with Crippen LogP contribution in [0, 0.1) is 6.92 Å². The Morgan fingerprint density at radius 3 is 2.84 bits per heavy atom. The zero-order valence-corrected chi connectivity index (χ0v) is 13.4. The van der Waals surface area contributed by atoms with Crippen LogP contribution in [0.3, 0.4) is 0 Å². The Kier molecular flexibility index (Phi) is 2.87. The van der Waals surface area contributed by atoms with Crippen LogP contribution in [0.1, 0.15) is 5.69 Å². The first-order valence-electron chi connectivity index (χ1n) is 7.86. The molecule has 0 atom stereocenters. The first-order chi connectivity index (χ1) is 12.3. The zero-order chi connectivity index (χ0) is 16.8. The second-order valence-corrected chi connectivity index (χ2v) is 5.74. The predicted octanol–water partition coefficient (Wildman–Crippen LogP) is 2.81. The highest BCUT2D eigenvalue weighted by Crippen LogP contribution is 2.31. The van der Waals surface area contributed by atoms with E-state index in [1.54, 1.807) is 10.7 Å². The molecular formula is C18H13N7. The molecule has 0 amide bonds. The molecule has 0 bridgehead atoms. The van der Waals surface area contributed by atoms with Crippen LogP contribution in [0.5, 0.6) is 0 Å². The SMILES string of the molecule is Cc1cccc(-c2nc3ncccn3c2-c2ccn3ncnc3c2)n1. The van der Waals surface area contributed by atoms with Gasteiger partial charge in [0.25, 0.3) is 0 Å². The second kappa shape index (κ2) is 5.20. The molecule has 7 nitrogen and oxygen atoms in total. The summed E-state index contributed by atoms with van der Waals surface area (Å²) >= 11 is 0. The molecule has 25 heavy (non-hydrogen) atoms. The topological polar surface area (TPSA) is 73.3 Å². The molecule has 0 spiro atoms. The van der Waals surface area contributed by atoms with Crippen molar-refractivity contribution in [3.05, 3.63) is 67.0 Å². The smallest absolute Gasteiger partial charge is 0.234 e. The summed E-state index contributed by atoms with van der Waals surface area (Å²) in [7, 11) is 0. The third-order valence-corrected chi connectivity index (χ3v) is 4.09. The summed E-state index contributed by atoms with van der Waals surface area (Å²) in [5, 5.41) is 4.15. The first-order valence-corrected chi connectivity index (χ1v) is 7.86. The summed E-state index contributed by atoms with van der Waals surface area (Å²) in [6.07, 6.45) is 7.12. The third kappa shape index (κ3) is 2.17. The molecule has 5 aromatic rings. The van der Waals surface area contributed by atoms with Crippen molar-refractivity contribution in [2.45, 2.75) is 6.92 Å². The monoisotopic (exact) mass is 327 g/mol. The van der Waals surface area contributed by atoms with Crippen LogP contribution in [-0.4, -0.2) is 34.0 Å². The average molecular weight is 327 g/mol. The van der Waals surface area contributed by atoms with Gasteiger partial charge in [-0.05, 0) is 37.3 Å². The minimum Gasteiger partial charge on any atom is -0.283 e. The van der Waals surface area contributed by atoms with E-state index in [0.717, 1.165) is 34.0 Å². The Balaban J connectivity index is 1.84. The van der Waals surface area contributed by atoms with Crippen LogP contribution < -0.4 is 0 Å². The third-order valence-electron chi connectivity index (χ3n) is 4.09. The van der Waals surface area contributed by atoms with E-state index < -0.39 is 0 Å². The fourth-order valence-corrected chi connectivity index (χ4v) is 2.98. The maximum absolute atomic E-state index is 4.71. The van der Waals surface area contributed by atoms with Crippen LogP contribution in [0.4, 0.5) is 0 Å². The van der Waals surface area contributed by atoms with Crippen LogP contribution in [0.15, 0.2) is 61.3 Å². The van der Waals surface area contributed by atoms with Gasteiger partial charge in [-0.15, -0.1) is 0 Å². The maximum Gasteiger partial charge on any atom is 0.234 e. The van der Waals surface area contributed by atoms with E-state index in [2.05, 4.69) is 20.1 Å². The summed E-state index contributed by atoms with van der Waals surface area (Å²) in [5.74, 6) is 0.636. The van der Waals surface area contributed by atoms with Gasteiger partial charge in [0.05, 0.1) is 11.4 Å². The molecule has 0 aromatic carbocycles. The molecule has 0 N–H and O–H groups in total. The van der Waals surface area contributed by atoms with Crippen molar-refractivity contribution in [3.8, 4) is 22.6 Å². The number of aryl methyl sites for hydroxylation is 1. The van der Waals surface area contributed by atoms with Gasteiger partial charge >= 0.3 is 0 Å². The summed E-state index contributed by atoms with van der Waals surface area (Å²) in [5.41, 5.74) is 5.26. The fraction of sp³-hybridized carbons (Fsp3) is 0.0556. The number of pyridine rings is 2. The van der Waals surface area contributed by atoms with Gasteiger partial charge in [0.1, 0.15) is 12.0 Å². The Morgan fingerprint density at radius 1 is 0.960 bits per heavy atom. The Labute approximate surface area is 142 Å². The molecule has 0 aliphatic carbocycles. The number of imidazole rings is 1. The number of hydrogen-bond donors (Lipinski definition) is 0. The fourth-order valence-electron chi connectivity index (χ4n) is 2.98. The molecule has 0 saturated heterocycles. The highest BCUT2D eigenvalue weighted by molar-refractivity contribution is 5.81. The van der Waals surface area contributed by atoms with Gasteiger partial charge in [0.15, 0.2) is 5.65 Å². The quantitative estimate of drug-likeness (QED) is 0.498. The Hall–Kier alpha value is -3.61. The van der Waals surface area contributed by atoms with Gasteiger partial charge in [-0.3, -0.25) is 9.38 Å². The van der Waals surface area contributed by atoms with Crippen LogP contribution in [-0.2, 0) is 0 Å². The largest absolute Gasteiger partial charge is 0.283 e.